The number of phenolic OH excluding ortho intramolecular Hbond substituents is 2. The Morgan fingerprint density at radius 3 is 2.47 bits per heavy atom. The molecule has 4 rings (SSSR count). The van der Waals surface area contributed by atoms with Crippen LogP contribution in [0.15, 0.2) is 48.5 Å². The van der Waals surface area contributed by atoms with E-state index in [9.17, 15) is 19.8 Å². The molecule has 2 N–H and O–H groups in total. The van der Waals surface area contributed by atoms with Gasteiger partial charge in [0, 0.05) is 30.2 Å². The molecule has 0 saturated carbocycles. The number of nitrogens with zero attached hydrogens (tertiary/aromatic N) is 3. The SMILES string of the molecule is CCOC(=O)c1nn(-c2ccccc2)c2c1CN(C(=O)c1cc(O)cc(O)c1)CC2. The highest BCUT2D eigenvalue weighted by Crippen LogP contribution is 2.28. The van der Waals surface area contributed by atoms with Crippen molar-refractivity contribution in [2.45, 2.75) is 19.9 Å². The van der Waals surface area contributed by atoms with E-state index >= 15 is 0 Å². The van der Waals surface area contributed by atoms with E-state index < -0.39 is 5.97 Å². The highest BCUT2D eigenvalue weighted by molar-refractivity contribution is 5.96. The first kappa shape index (κ1) is 19.5. The number of amides is 1. The molecule has 0 unspecified atom stereocenters. The largest absolute Gasteiger partial charge is 0.508 e. The summed E-state index contributed by atoms with van der Waals surface area (Å²) in [5, 5.41) is 23.9. The van der Waals surface area contributed by atoms with Crippen LogP contribution in [0.4, 0.5) is 0 Å². The van der Waals surface area contributed by atoms with E-state index in [1.807, 2.05) is 30.3 Å². The van der Waals surface area contributed by atoms with Crippen LogP contribution in [0.25, 0.3) is 5.69 Å². The molecule has 1 aliphatic heterocycles. The van der Waals surface area contributed by atoms with Gasteiger partial charge in [0.1, 0.15) is 11.5 Å². The van der Waals surface area contributed by atoms with Gasteiger partial charge in [-0.05, 0) is 31.2 Å². The molecule has 0 radical (unpaired) electrons. The molecule has 8 nitrogen and oxygen atoms in total. The van der Waals surface area contributed by atoms with Crippen molar-refractivity contribution in [1.82, 2.24) is 14.7 Å². The van der Waals surface area contributed by atoms with Crippen LogP contribution in [0.5, 0.6) is 11.5 Å². The van der Waals surface area contributed by atoms with E-state index in [1.54, 1.807) is 16.5 Å². The zero-order chi connectivity index (χ0) is 21.3. The van der Waals surface area contributed by atoms with Crippen molar-refractivity contribution in [3.8, 4) is 17.2 Å². The fourth-order valence-corrected chi connectivity index (χ4v) is 3.64. The molecule has 1 amide bonds. The summed E-state index contributed by atoms with van der Waals surface area (Å²) >= 11 is 0. The van der Waals surface area contributed by atoms with Gasteiger partial charge in [-0.3, -0.25) is 4.79 Å². The number of aromatic nitrogens is 2. The van der Waals surface area contributed by atoms with Crippen LogP contribution in [0.1, 0.15) is 39.0 Å². The number of hydrogen-bond acceptors (Lipinski definition) is 6. The Hall–Kier alpha value is -3.81. The van der Waals surface area contributed by atoms with Crippen LogP contribution in [0.3, 0.4) is 0 Å². The molecule has 1 aromatic heterocycles. The Bertz CT molecular complexity index is 1090. The maximum Gasteiger partial charge on any atom is 0.359 e. The second kappa shape index (κ2) is 7.90. The lowest BCUT2D eigenvalue weighted by atomic mass is 10.0. The number of benzene rings is 2. The minimum Gasteiger partial charge on any atom is -0.508 e. The molecule has 0 saturated heterocycles. The minimum absolute atomic E-state index is 0.170. The van der Waals surface area contributed by atoms with Crippen LogP contribution >= 0.6 is 0 Å². The number of phenols is 2. The van der Waals surface area contributed by atoms with E-state index in [4.69, 9.17) is 4.74 Å². The van der Waals surface area contributed by atoms with Crippen LogP contribution in [0.2, 0.25) is 0 Å². The smallest absolute Gasteiger partial charge is 0.359 e. The Labute approximate surface area is 172 Å². The maximum absolute atomic E-state index is 13.0. The van der Waals surface area contributed by atoms with Gasteiger partial charge < -0.3 is 19.8 Å². The molecule has 1 aliphatic rings. The standard InChI is InChI=1S/C22H21N3O5/c1-2-30-22(29)20-18-13-24(21(28)14-10-16(26)12-17(27)11-14)9-8-19(18)25(23-20)15-6-4-3-5-7-15/h3-7,10-12,26-27H,2,8-9,13H2,1H3. The maximum atomic E-state index is 13.0. The van der Waals surface area contributed by atoms with Crippen LogP contribution in [-0.2, 0) is 17.7 Å². The number of fused-ring (bicyclic) bond motifs is 1. The molecule has 2 aromatic carbocycles. The summed E-state index contributed by atoms with van der Waals surface area (Å²) in [5.41, 5.74) is 2.67. The predicted octanol–water partition coefficient (Wildman–Crippen LogP) is 2.66. The summed E-state index contributed by atoms with van der Waals surface area (Å²) in [4.78, 5) is 27.1. The zero-order valence-corrected chi connectivity index (χ0v) is 16.4. The van der Waals surface area contributed by atoms with E-state index in [0.29, 0.717) is 18.5 Å². The summed E-state index contributed by atoms with van der Waals surface area (Å²) in [5.74, 6) is -1.28. The average molecular weight is 407 g/mol. The highest BCUT2D eigenvalue weighted by atomic mass is 16.5. The molecule has 0 spiro atoms. The van der Waals surface area contributed by atoms with Gasteiger partial charge in [0.2, 0.25) is 0 Å². The molecule has 0 fully saturated rings. The first-order chi connectivity index (χ1) is 14.5. The first-order valence-electron chi connectivity index (χ1n) is 9.63. The molecule has 3 aromatic rings. The zero-order valence-electron chi connectivity index (χ0n) is 16.4. The lowest BCUT2D eigenvalue weighted by molar-refractivity contribution is 0.0513. The molecule has 30 heavy (non-hydrogen) atoms. The summed E-state index contributed by atoms with van der Waals surface area (Å²) in [6, 6.07) is 13.2. The van der Waals surface area contributed by atoms with E-state index in [1.165, 1.54) is 12.1 Å². The number of aromatic hydroxyl groups is 2. The molecule has 2 heterocycles. The molecule has 0 aliphatic carbocycles. The third-order valence-electron chi connectivity index (χ3n) is 4.96. The fraction of sp³-hybridized carbons (Fsp3) is 0.227. The topological polar surface area (TPSA) is 105 Å². The minimum atomic E-state index is -0.535. The van der Waals surface area contributed by atoms with E-state index in [-0.39, 0.29) is 41.8 Å². The molecule has 0 atom stereocenters. The van der Waals surface area contributed by atoms with Gasteiger partial charge in [-0.25, -0.2) is 9.48 Å². The predicted molar refractivity (Wildman–Crippen MR) is 108 cm³/mol. The third-order valence-corrected chi connectivity index (χ3v) is 4.96. The van der Waals surface area contributed by atoms with Crippen LogP contribution < -0.4 is 0 Å². The molecular formula is C22H21N3O5. The monoisotopic (exact) mass is 407 g/mol. The number of rotatable bonds is 4. The second-order valence-corrected chi connectivity index (χ2v) is 6.96. The van der Waals surface area contributed by atoms with Crippen molar-refractivity contribution in [2.24, 2.45) is 0 Å². The quantitative estimate of drug-likeness (QED) is 0.645. The summed E-state index contributed by atoms with van der Waals surface area (Å²) in [7, 11) is 0. The van der Waals surface area contributed by atoms with Crippen molar-refractivity contribution in [2.75, 3.05) is 13.2 Å². The number of hydrogen-bond donors (Lipinski definition) is 2. The molecule has 8 heteroatoms. The van der Waals surface area contributed by atoms with Crippen molar-refractivity contribution in [1.29, 1.82) is 0 Å². The molecule has 0 bridgehead atoms. The number of para-hydroxylation sites is 1. The van der Waals surface area contributed by atoms with Crippen molar-refractivity contribution in [3.63, 3.8) is 0 Å². The van der Waals surface area contributed by atoms with Crippen molar-refractivity contribution < 1.29 is 24.5 Å². The fourth-order valence-electron chi connectivity index (χ4n) is 3.64. The van der Waals surface area contributed by atoms with Gasteiger partial charge in [0.05, 0.1) is 24.5 Å². The average Bonchev–Trinajstić information content (AvgIpc) is 3.12. The van der Waals surface area contributed by atoms with Gasteiger partial charge in [0.25, 0.3) is 5.91 Å². The number of esters is 1. The lowest BCUT2D eigenvalue weighted by Crippen LogP contribution is -2.36. The number of ether oxygens (including phenoxy) is 1. The Balaban J connectivity index is 1.72. The van der Waals surface area contributed by atoms with Crippen molar-refractivity contribution >= 4 is 11.9 Å². The number of carbonyl (C=O) groups is 2. The second-order valence-electron chi connectivity index (χ2n) is 6.96. The van der Waals surface area contributed by atoms with Gasteiger partial charge in [-0.2, -0.15) is 5.10 Å². The summed E-state index contributed by atoms with van der Waals surface area (Å²) < 4.78 is 6.90. The van der Waals surface area contributed by atoms with Crippen molar-refractivity contribution in [3.05, 3.63) is 71.0 Å². The van der Waals surface area contributed by atoms with Gasteiger partial charge >= 0.3 is 5.97 Å². The van der Waals surface area contributed by atoms with E-state index in [0.717, 1.165) is 17.4 Å². The third kappa shape index (κ3) is 3.59. The Morgan fingerprint density at radius 2 is 1.80 bits per heavy atom. The summed E-state index contributed by atoms with van der Waals surface area (Å²) in [6.45, 7) is 2.52. The van der Waals surface area contributed by atoms with Crippen LogP contribution in [0, 0.1) is 0 Å². The molecule has 154 valence electrons. The Morgan fingerprint density at radius 1 is 1.10 bits per heavy atom. The normalized spacial score (nSPS) is 13.0. The lowest BCUT2D eigenvalue weighted by Gasteiger charge is -2.28. The number of carbonyl (C=O) groups excluding carboxylic acids is 2. The van der Waals surface area contributed by atoms with Gasteiger partial charge in [-0.15, -0.1) is 0 Å². The summed E-state index contributed by atoms with van der Waals surface area (Å²) in [6.07, 6.45) is 0.493. The molecular weight excluding hydrogens is 386 g/mol. The first-order valence-corrected chi connectivity index (χ1v) is 9.63. The van der Waals surface area contributed by atoms with E-state index in [2.05, 4.69) is 5.10 Å². The van der Waals surface area contributed by atoms with Gasteiger partial charge in [0.15, 0.2) is 5.69 Å². The van der Waals surface area contributed by atoms with Gasteiger partial charge in [-0.1, -0.05) is 18.2 Å². The highest BCUT2D eigenvalue weighted by Gasteiger charge is 2.31. The van der Waals surface area contributed by atoms with Crippen LogP contribution in [-0.4, -0.2) is 49.9 Å². The Kier molecular flexibility index (Phi) is 5.14.